The molecule has 0 aromatic heterocycles. The van der Waals surface area contributed by atoms with Crippen molar-refractivity contribution in [2.45, 2.75) is 45.0 Å². The number of ether oxygens (including phenoxy) is 1. The highest BCUT2D eigenvalue weighted by Gasteiger charge is 2.47. The van der Waals surface area contributed by atoms with Crippen molar-refractivity contribution in [2.75, 3.05) is 6.54 Å². The zero-order valence-electron chi connectivity index (χ0n) is 12.7. The number of amides is 1. The maximum atomic E-state index is 13.4. The number of carbonyl (C=O) groups excluding carboxylic acids is 1. The second-order valence-electron chi connectivity index (χ2n) is 6.21. The van der Waals surface area contributed by atoms with Gasteiger partial charge >= 0.3 is 6.18 Å². The number of nitrogens with one attached hydrogen (secondary N) is 1. The van der Waals surface area contributed by atoms with E-state index >= 15 is 0 Å². The van der Waals surface area contributed by atoms with E-state index in [2.05, 4.69) is 5.43 Å². The van der Waals surface area contributed by atoms with Crippen LogP contribution in [0.15, 0.2) is 24.3 Å². The summed E-state index contributed by atoms with van der Waals surface area (Å²) in [6.45, 7) is 5.48. The van der Waals surface area contributed by atoms with Crippen LogP contribution in [-0.2, 0) is 4.79 Å². The van der Waals surface area contributed by atoms with Gasteiger partial charge in [-0.15, -0.1) is 0 Å². The highest BCUT2D eigenvalue weighted by molar-refractivity contribution is 5.77. The molecule has 1 amide bonds. The fourth-order valence-corrected chi connectivity index (χ4v) is 2.33. The molecule has 0 unspecified atom stereocenters. The molecule has 2 rings (SSSR count). The number of hydrogen-bond acceptors (Lipinski definition) is 3. The van der Waals surface area contributed by atoms with Crippen LogP contribution in [0.3, 0.4) is 0 Å². The van der Waals surface area contributed by atoms with Crippen LogP contribution in [0.25, 0.3) is 0 Å². The summed E-state index contributed by atoms with van der Waals surface area (Å²) in [4.78, 5) is 11.2. The van der Waals surface area contributed by atoms with Crippen LogP contribution < -0.4 is 10.2 Å². The number of rotatable bonds is 3. The minimum absolute atomic E-state index is 0.0212. The third kappa shape index (κ3) is 4.13. The number of benzene rings is 1. The largest absolute Gasteiger partial charge is 0.488 e. The Bertz CT molecular complexity index is 552. The molecule has 1 aromatic rings. The third-order valence-electron chi connectivity index (χ3n) is 3.07. The van der Waals surface area contributed by atoms with Crippen molar-refractivity contribution >= 4 is 5.91 Å². The van der Waals surface area contributed by atoms with Gasteiger partial charge in [-0.3, -0.25) is 10.2 Å². The van der Waals surface area contributed by atoms with Crippen LogP contribution in [0, 0.1) is 0 Å². The van der Waals surface area contributed by atoms with Crippen molar-refractivity contribution < 1.29 is 22.7 Å². The molecule has 7 heteroatoms. The predicted molar refractivity (Wildman–Crippen MR) is 75.1 cm³/mol. The SMILES string of the molecule is CC(C)(C)Oc1cccc([C@H](N2CCC(=O)N2)C(F)(F)F)c1. The first-order chi connectivity index (χ1) is 10.1. The van der Waals surface area contributed by atoms with Gasteiger partial charge in [0.2, 0.25) is 5.91 Å². The maximum Gasteiger partial charge on any atom is 0.409 e. The fourth-order valence-electron chi connectivity index (χ4n) is 2.33. The second-order valence-corrected chi connectivity index (χ2v) is 6.21. The smallest absolute Gasteiger partial charge is 0.409 e. The van der Waals surface area contributed by atoms with E-state index in [1.165, 1.54) is 18.2 Å². The van der Waals surface area contributed by atoms with Crippen molar-refractivity contribution in [3.8, 4) is 5.75 Å². The summed E-state index contributed by atoms with van der Waals surface area (Å²) in [5.74, 6) is -0.0406. The van der Waals surface area contributed by atoms with Gasteiger partial charge in [0.05, 0.1) is 0 Å². The Hall–Kier alpha value is -1.76. The Labute approximate surface area is 127 Å². The monoisotopic (exact) mass is 316 g/mol. The molecule has 1 heterocycles. The molecule has 1 atom stereocenters. The summed E-state index contributed by atoms with van der Waals surface area (Å²) in [5, 5.41) is 0.929. The molecule has 1 aliphatic rings. The highest BCUT2D eigenvalue weighted by atomic mass is 19.4. The number of carbonyl (C=O) groups is 1. The van der Waals surface area contributed by atoms with Crippen molar-refractivity contribution in [2.24, 2.45) is 0 Å². The van der Waals surface area contributed by atoms with Gasteiger partial charge in [0.15, 0.2) is 0 Å². The molecule has 0 saturated carbocycles. The molecule has 122 valence electrons. The lowest BCUT2D eigenvalue weighted by atomic mass is 10.1. The Morgan fingerprint density at radius 2 is 1.95 bits per heavy atom. The molecule has 1 aromatic carbocycles. The molecule has 0 spiro atoms. The average Bonchev–Trinajstić information content (AvgIpc) is 2.72. The minimum atomic E-state index is -4.50. The summed E-state index contributed by atoms with van der Waals surface area (Å²) in [6.07, 6.45) is -4.44. The summed E-state index contributed by atoms with van der Waals surface area (Å²) >= 11 is 0. The molecule has 0 aliphatic carbocycles. The number of nitrogens with zero attached hydrogens (tertiary/aromatic N) is 1. The summed E-state index contributed by atoms with van der Waals surface area (Å²) < 4.78 is 45.9. The first-order valence-electron chi connectivity index (χ1n) is 6.98. The van der Waals surface area contributed by atoms with Gasteiger partial charge < -0.3 is 4.74 Å². The average molecular weight is 316 g/mol. The molecular weight excluding hydrogens is 297 g/mol. The molecule has 1 aliphatic heterocycles. The van der Waals surface area contributed by atoms with Crippen molar-refractivity contribution in [3.05, 3.63) is 29.8 Å². The summed E-state index contributed by atoms with van der Waals surface area (Å²) in [6, 6.07) is 4.01. The normalized spacial score (nSPS) is 18.2. The van der Waals surface area contributed by atoms with Gasteiger partial charge in [-0.1, -0.05) is 12.1 Å². The topological polar surface area (TPSA) is 41.6 Å². The van der Waals surface area contributed by atoms with E-state index in [9.17, 15) is 18.0 Å². The Morgan fingerprint density at radius 1 is 1.27 bits per heavy atom. The lowest BCUT2D eigenvalue weighted by molar-refractivity contribution is -0.191. The summed E-state index contributed by atoms with van der Waals surface area (Å²) in [5.41, 5.74) is 1.79. The number of alkyl halides is 3. The molecule has 4 nitrogen and oxygen atoms in total. The van der Waals surface area contributed by atoms with Gasteiger partial charge in [0, 0.05) is 13.0 Å². The van der Waals surface area contributed by atoms with E-state index < -0.39 is 23.7 Å². The Morgan fingerprint density at radius 3 is 2.45 bits per heavy atom. The molecule has 1 fully saturated rings. The molecular formula is C15H19F3N2O2. The van der Waals surface area contributed by atoms with E-state index in [0.717, 1.165) is 5.01 Å². The molecule has 0 bridgehead atoms. The van der Waals surface area contributed by atoms with Gasteiger partial charge in [0.25, 0.3) is 0 Å². The fraction of sp³-hybridized carbons (Fsp3) is 0.533. The van der Waals surface area contributed by atoms with Gasteiger partial charge in [-0.2, -0.15) is 13.2 Å². The van der Waals surface area contributed by atoms with Crippen molar-refractivity contribution in [1.82, 2.24) is 10.4 Å². The second kappa shape index (κ2) is 5.79. The Kier molecular flexibility index (Phi) is 4.37. The van der Waals surface area contributed by atoms with E-state index in [0.29, 0.717) is 5.75 Å². The van der Waals surface area contributed by atoms with Gasteiger partial charge in [-0.05, 0) is 38.5 Å². The van der Waals surface area contributed by atoms with E-state index in [4.69, 9.17) is 4.74 Å². The number of hydrogen-bond donors (Lipinski definition) is 1. The van der Waals surface area contributed by atoms with Crippen LogP contribution in [0.2, 0.25) is 0 Å². The summed E-state index contributed by atoms with van der Waals surface area (Å²) in [7, 11) is 0. The quantitative estimate of drug-likeness (QED) is 0.931. The molecule has 1 N–H and O–H groups in total. The van der Waals surface area contributed by atoms with Crippen molar-refractivity contribution in [3.63, 3.8) is 0 Å². The first kappa shape index (κ1) is 16.6. The lowest BCUT2D eigenvalue weighted by Crippen LogP contribution is -2.43. The Balaban J connectivity index is 2.32. The predicted octanol–water partition coefficient (Wildman–Crippen LogP) is 3.20. The zero-order valence-corrected chi connectivity index (χ0v) is 12.7. The van der Waals surface area contributed by atoms with Crippen LogP contribution in [0.5, 0.6) is 5.75 Å². The minimum Gasteiger partial charge on any atom is -0.488 e. The van der Waals surface area contributed by atoms with Gasteiger partial charge in [0.1, 0.15) is 17.4 Å². The molecule has 22 heavy (non-hydrogen) atoms. The maximum absolute atomic E-state index is 13.4. The van der Waals surface area contributed by atoms with E-state index in [1.54, 1.807) is 6.07 Å². The van der Waals surface area contributed by atoms with Crippen LogP contribution >= 0.6 is 0 Å². The third-order valence-corrected chi connectivity index (χ3v) is 3.07. The molecule has 1 saturated heterocycles. The van der Waals surface area contributed by atoms with Crippen molar-refractivity contribution in [1.29, 1.82) is 0 Å². The van der Waals surface area contributed by atoms with E-state index in [-0.39, 0.29) is 18.5 Å². The lowest BCUT2D eigenvalue weighted by Gasteiger charge is -2.30. The highest BCUT2D eigenvalue weighted by Crippen LogP contribution is 2.39. The first-order valence-corrected chi connectivity index (χ1v) is 6.98. The standard InChI is InChI=1S/C15H19F3N2O2/c1-14(2,3)22-11-6-4-5-10(9-11)13(15(16,17)18)20-8-7-12(21)19-20/h4-6,9,13H,7-8H2,1-3H3,(H,19,21)/t13-/m0/s1. The molecule has 0 radical (unpaired) electrons. The van der Waals surface area contributed by atoms with E-state index in [1.807, 2.05) is 20.8 Å². The van der Waals surface area contributed by atoms with Crippen LogP contribution in [0.1, 0.15) is 38.8 Å². The van der Waals surface area contributed by atoms with Crippen LogP contribution in [-0.4, -0.2) is 29.2 Å². The number of halogens is 3. The van der Waals surface area contributed by atoms with Crippen LogP contribution in [0.4, 0.5) is 13.2 Å². The zero-order chi connectivity index (χ0) is 16.5. The van der Waals surface area contributed by atoms with Gasteiger partial charge in [-0.25, -0.2) is 5.01 Å². The number of hydrazine groups is 1.